The second-order valence-corrected chi connectivity index (χ2v) is 21.3. The van der Waals surface area contributed by atoms with Gasteiger partial charge in [0.15, 0.2) is 6.10 Å². The van der Waals surface area contributed by atoms with Crippen LogP contribution in [-0.2, 0) is 28.6 Å². The molecule has 0 saturated heterocycles. The van der Waals surface area contributed by atoms with Gasteiger partial charge in [0.25, 0.3) is 0 Å². The molecule has 0 aliphatic carbocycles. The Kier molecular flexibility index (Phi) is 59.2. The molecule has 0 aromatic rings. The van der Waals surface area contributed by atoms with E-state index in [4.69, 9.17) is 14.2 Å². The Morgan fingerprint density at radius 3 is 0.877 bits per heavy atom. The predicted octanol–water partition coefficient (Wildman–Crippen LogP) is 21.6. The van der Waals surface area contributed by atoms with Crippen LogP contribution in [0.1, 0.15) is 329 Å². The van der Waals surface area contributed by atoms with Gasteiger partial charge in [-0.15, -0.1) is 0 Å². The first kappa shape index (κ1) is 70.1. The van der Waals surface area contributed by atoms with Crippen molar-refractivity contribution >= 4 is 17.9 Å². The van der Waals surface area contributed by atoms with Crippen molar-refractivity contribution in [2.75, 3.05) is 13.2 Å². The number of allylic oxidation sites excluding steroid dienone is 10. The zero-order valence-corrected chi connectivity index (χ0v) is 48.7. The Bertz CT molecular complexity index is 1310. The van der Waals surface area contributed by atoms with Gasteiger partial charge in [-0.1, -0.05) is 287 Å². The molecule has 0 radical (unpaired) electrons. The fraction of sp³-hybridized carbons (Fsp3) is 0.806. The number of carbonyl (C=O) groups is 3. The van der Waals surface area contributed by atoms with Crippen molar-refractivity contribution in [3.63, 3.8) is 0 Å². The standard InChI is InChI=1S/C67H120O6/c1-4-7-10-13-16-19-22-25-28-30-32-33-35-37-40-42-45-48-51-54-57-60-66(69)72-63-64(73-67(70)61-58-55-52-49-46-43-38-27-24-21-18-15-12-9-6-3)62-71-65(68)59-56-53-50-47-44-41-39-36-34-31-29-26-23-20-17-14-11-8-5-2/h9,12,18,21,25,27-28,38,46,49,64H,4-8,10-11,13-17,19-20,22-24,26,29-37,39-45,47-48,50-63H2,1-3H3/b12-9-,21-18-,28-25-,38-27-,49-46-/t64-/m0/s1. The molecule has 0 spiro atoms. The number of ether oxygens (including phenoxy) is 3. The van der Waals surface area contributed by atoms with Gasteiger partial charge in [-0.05, 0) is 83.5 Å². The zero-order chi connectivity index (χ0) is 52.9. The number of hydrogen-bond donors (Lipinski definition) is 0. The van der Waals surface area contributed by atoms with E-state index in [0.29, 0.717) is 19.3 Å². The van der Waals surface area contributed by atoms with E-state index in [1.165, 1.54) is 205 Å². The highest BCUT2D eigenvalue weighted by molar-refractivity contribution is 5.71. The van der Waals surface area contributed by atoms with Crippen LogP contribution in [0, 0.1) is 0 Å². The molecule has 0 amide bonds. The van der Waals surface area contributed by atoms with Crippen molar-refractivity contribution in [1.29, 1.82) is 0 Å². The van der Waals surface area contributed by atoms with Gasteiger partial charge in [-0.25, -0.2) is 0 Å². The maximum atomic E-state index is 12.9. The summed E-state index contributed by atoms with van der Waals surface area (Å²) in [6.07, 6.45) is 78.0. The van der Waals surface area contributed by atoms with Crippen molar-refractivity contribution in [3.8, 4) is 0 Å². The molecule has 6 heteroatoms. The quantitative estimate of drug-likeness (QED) is 0.0261. The van der Waals surface area contributed by atoms with Crippen LogP contribution in [0.5, 0.6) is 0 Å². The summed E-state index contributed by atoms with van der Waals surface area (Å²) in [5, 5.41) is 0. The van der Waals surface area contributed by atoms with Crippen LogP contribution in [0.15, 0.2) is 60.8 Å². The normalized spacial score (nSPS) is 12.4. The molecule has 0 aliphatic heterocycles. The van der Waals surface area contributed by atoms with Crippen LogP contribution in [-0.4, -0.2) is 37.2 Å². The van der Waals surface area contributed by atoms with Gasteiger partial charge in [0.05, 0.1) is 0 Å². The second kappa shape index (κ2) is 61.7. The summed E-state index contributed by atoms with van der Waals surface area (Å²) < 4.78 is 16.9. The fourth-order valence-corrected chi connectivity index (χ4v) is 9.25. The second-order valence-electron chi connectivity index (χ2n) is 21.3. The third kappa shape index (κ3) is 59.9. The topological polar surface area (TPSA) is 78.9 Å². The molecular weight excluding hydrogens is 901 g/mol. The highest BCUT2D eigenvalue weighted by Crippen LogP contribution is 2.17. The first-order valence-electron chi connectivity index (χ1n) is 31.8. The summed E-state index contributed by atoms with van der Waals surface area (Å²) in [7, 11) is 0. The van der Waals surface area contributed by atoms with Gasteiger partial charge in [0.2, 0.25) is 0 Å². The minimum atomic E-state index is -0.795. The molecule has 0 fully saturated rings. The number of unbranched alkanes of at least 4 members (excludes halogenated alkanes) is 37. The largest absolute Gasteiger partial charge is 0.462 e. The lowest BCUT2D eigenvalue weighted by Crippen LogP contribution is -2.30. The van der Waals surface area contributed by atoms with Crippen LogP contribution in [0.4, 0.5) is 0 Å². The molecule has 0 unspecified atom stereocenters. The van der Waals surface area contributed by atoms with Crippen LogP contribution < -0.4 is 0 Å². The molecule has 0 heterocycles. The van der Waals surface area contributed by atoms with E-state index in [1.807, 2.05) is 0 Å². The third-order valence-corrected chi connectivity index (χ3v) is 14.0. The van der Waals surface area contributed by atoms with Crippen LogP contribution in [0.3, 0.4) is 0 Å². The van der Waals surface area contributed by atoms with Gasteiger partial charge >= 0.3 is 17.9 Å². The van der Waals surface area contributed by atoms with Gasteiger partial charge in [-0.2, -0.15) is 0 Å². The number of hydrogen-bond acceptors (Lipinski definition) is 6. The number of rotatable bonds is 58. The van der Waals surface area contributed by atoms with E-state index in [1.54, 1.807) is 0 Å². The maximum Gasteiger partial charge on any atom is 0.306 e. The summed E-state index contributed by atoms with van der Waals surface area (Å²) in [5.74, 6) is -0.912. The van der Waals surface area contributed by atoms with Crippen molar-refractivity contribution in [2.24, 2.45) is 0 Å². The third-order valence-electron chi connectivity index (χ3n) is 14.0. The van der Waals surface area contributed by atoms with Gasteiger partial charge in [0.1, 0.15) is 13.2 Å². The van der Waals surface area contributed by atoms with E-state index in [0.717, 1.165) is 77.0 Å². The van der Waals surface area contributed by atoms with Crippen LogP contribution in [0.2, 0.25) is 0 Å². The van der Waals surface area contributed by atoms with Crippen LogP contribution >= 0.6 is 0 Å². The minimum absolute atomic E-state index is 0.0877. The lowest BCUT2D eigenvalue weighted by molar-refractivity contribution is -0.167. The Hall–Kier alpha value is -2.89. The molecular formula is C67H120O6. The Morgan fingerprint density at radius 1 is 0.288 bits per heavy atom. The summed E-state index contributed by atoms with van der Waals surface area (Å²) in [6.45, 7) is 6.54. The van der Waals surface area contributed by atoms with E-state index in [-0.39, 0.29) is 37.5 Å². The predicted molar refractivity (Wildman–Crippen MR) is 316 cm³/mol. The van der Waals surface area contributed by atoms with Crippen molar-refractivity contribution < 1.29 is 28.6 Å². The summed E-state index contributed by atoms with van der Waals surface area (Å²) >= 11 is 0. The lowest BCUT2D eigenvalue weighted by atomic mass is 10.0. The van der Waals surface area contributed by atoms with Gasteiger partial charge in [0, 0.05) is 19.3 Å². The fourth-order valence-electron chi connectivity index (χ4n) is 9.25. The number of carbonyl (C=O) groups excluding carboxylic acids is 3. The average molecular weight is 1020 g/mol. The number of esters is 3. The van der Waals surface area contributed by atoms with Gasteiger partial charge < -0.3 is 14.2 Å². The molecule has 1 atom stereocenters. The highest BCUT2D eigenvalue weighted by atomic mass is 16.6. The minimum Gasteiger partial charge on any atom is -0.462 e. The Balaban J connectivity index is 4.35. The lowest BCUT2D eigenvalue weighted by Gasteiger charge is -2.18. The summed E-state index contributed by atoms with van der Waals surface area (Å²) in [6, 6.07) is 0. The molecule has 0 saturated carbocycles. The van der Waals surface area contributed by atoms with E-state index in [2.05, 4.69) is 81.5 Å². The van der Waals surface area contributed by atoms with Crippen LogP contribution in [0.25, 0.3) is 0 Å². The highest BCUT2D eigenvalue weighted by Gasteiger charge is 2.19. The van der Waals surface area contributed by atoms with Gasteiger partial charge in [-0.3, -0.25) is 14.4 Å². The molecule has 0 bridgehead atoms. The van der Waals surface area contributed by atoms with Crippen molar-refractivity contribution in [3.05, 3.63) is 60.8 Å². The van der Waals surface area contributed by atoms with Crippen molar-refractivity contribution in [1.82, 2.24) is 0 Å². The molecule has 0 rings (SSSR count). The molecule has 73 heavy (non-hydrogen) atoms. The molecule has 0 N–H and O–H groups in total. The smallest absolute Gasteiger partial charge is 0.306 e. The molecule has 0 aromatic carbocycles. The van der Waals surface area contributed by atoms with E-state index in [9.17, 15) is 14.4 Å². The van der Waals surface area contributed by atoms with E-state index >= 15 is 0 Å². The summed E-state index contributed by atoms with van der Waals surface area (Å²) in [5.41, 5.74) is 0. The maximum absolute atomic E-state index is 12.9. The van der Waals surface area contributed by atoms with E-state index < -0.39 is 6.10 Å². The Morgan fingerprint density at radius 2 is 0.534 bits per heavy atom. The van der Waals surface area contributed by atoms with Crippen molar-refractivity contribution in [2.45, 2.75) is 335 Å². The molecule has 0 aliphatic rings. The average Bonchev–Trinajstić information content (AvgIpc) is 3.39. The molecule has 424 valence electrons. The first-order valence-corrected chi connectivity index (χ1v) is 31.8. The molecule has 6 nitrogen and oxygen atoms in total. The monoisotopic (exact) mass is 1020 g/mol. The summed E-state index contributed by atoms with van der Waals surface area (Å²) in [4.78, 5) is 38.3. The Labute approximate surface area is 453 Å². The molecule has 0 aromatic heterocycles. The SMILES string of the molecule is CC/C=C\C/C=C\C/C=C\C/C=C\CCCCC(=O)O[C@H](COC(=O)CCCCCCCCCCCCC/C=C\CCCCCCCC)COC(=O)CCCCCCCCCCCCCCCCCCCCC. The zero-order valence-electron chi connectivity index (χ0n) is 48.7. The first-order chi connectivity index (χ1) is 36.0.